The van der Waals surface area contributed by atoms with Gasteiger partial charge in [-0.3, -0.25) is 4.90 Å². The molecule has 7 nitrogen and oxygen atoms in total. The largest absolute Gasteiger partial charge is 0.507 e. The third kappa shape index (κ3) is 4.98. The van der Waals surface area contributed by atoms with Gasteiger partial charge in [-0.25, -0.2) is 9.78 Å². The van der Waals surface area contributed by atoms with E-state index >= 15 is 0 Å². The molecule has 3 aromatic rings. The number of hydrogen-bond donors (Lipinski definition) is 2. The molecule has 1 aromatic heterocycles. The van der Waals surface area contributed by atoms with Crippen LogP contribution in [-0.2, 0) is 5.41 Å². The van der Waals surface area contributed by atoms with Gasteiger partial charge in [0.05, 0.1) is 10.7 Å². The number of carbonyl (C=O) groups excluding carboxylic acids is 1. The molecule has 2 fully saturated rings. The number of urea groups is 1. The smallest absolute Gasteiger partial charge is 0.324 e. The molecule has 0 bridgehead atoms. The summed E-state index contributed by atoms with van der Waals surface area (Å²) in [6.07, 6.45) is 1.81. The van der Waals surface area contributed by atoms with Crippen molar-refractivity contribution in [1.29, 1.82) is 0 Å². The van der Waals surface area contributed by atoms with Crippen molar-refractivity contribution in [2.45, 2.75) is 26.2 Å². The molecule has 0 atom stereocenters. The summed E-state index contributed by atoms with van der Waals surface area (Å²) in [5.74, 6) is 1.11. The molecule has 2 aromatic carbocycles. The fourth-order valence-corrected chi connectivity index (χ4v) is 5.21. The van der Waals surface area contributed by atoms with Crippen LogP contribution in [0.1, 0.15) is 26.3 Å². The van der Waals surface area contributed by atoms with Gasteiger partial charge >= 0.3 is 6.03 Å². The maximum Gasteiger partial charge on any atom is 0.324 e. The molecule has 3 heterocycles. The van der Waals surface area contributed by atoms with Crippen LogP contribution in [0.2, 0.25) is 5.02 Å². The van der Waals surface area contributed by atoms with Crippen LogP contribution in [0.3, 0.4) is 0 Å². The van der Waals surface area contributed by atoms with Crippen molar-refractivity contribution >= 4 is 29.1 Å². The molecule has 2 aliphatic heterocycles. The van der Waals surface area contributed by atoms with Gasteiger partial charge in [0.15, 0.2) is 0 Å². The molecule has 0 spiro atoms. The lowest BCUT2D eigenvalue weighted by atomic mass is 9.82. The standard InChI is InChI=1S/C29H34ClN5O2/c1-29(2,3)21-17-22(19-5-6-25(24(30)15-19)35-14-13-33(4)28(35)37)27(36)23(18-21)20-7-8-32-26(16-20)34-11-9-31-10-12-34/h5-8,15-18,31,36H,9-14H2,1-4H3. The van der Waals surface area contributed by atoms with E-state index in [1.165, 1.54) is 0 Å². The van der Waals surface area contributed by atoms with Crippen LogP contribution in [0.15, 0.2) is 48.7 Å². The number of piperazine rings is 1. The van der Waals surface area contributed by atoms with Gasteiger partial charge in [0.1, 0.15) is 11.6 Å². The van der Waals surface area contributed by atoms with Gasteiger partial charge in [-0.15, -0.1) is 0 Å². The van der Waals surface area contributed by atoms with Crippen molar-refractivity contribution in [3.63, 3.8) is 0 Å². The number of phenols is 1. The Morgan fingerprint density at radius 3 is 2.22 bits per heavy atom. The third-order valence-corrected chi connectivity index (χ3v) is 7.54. The minimum Gasteiger partial charge on any atom is -0.507 e. The van der Waals surface area contributed by atoms with E-state index in [4.69, 9.17) is 11.6 Å². The van der Waals surface area contributed by atoms with Crippen LogP contribution < -0.4 is 15.1 Å². The Balaban J connectivity index is 1.59. The van der Waals surface area contributed by atoms with Crippen LogP contribution in [-0.4, -0.2) is 67.3 Å². The van der Waals surface area contributed by atoms with Gasteiger partial charge < -0.3 is 20.2 Å². The maximum atomic E-state index is 12.5. The summed E-state index contributed by atoms with van der Waals surface area (Å²) >= 11 is 6.71. The number of carbonyl (C=O) groups is 1. The Kier molecular flexibility index (Phi) is 6.77. The Bertz CT molecular complexity index is 1330. The fraction of sp³-hybridized carbons (Fsp3) is 0.379. The average molecular weight is 520 g/mol. The topological polar surface area (TPSA) is 71.9 Å². The summed E-state index contributed by atoms with van der Waals surface area (Å²) in [4.78, 5) is 22.7. The third-order valence-electron chi connectivity index (χ3n) is 7.24. The van der Waals surface area contributed by atoms with Crippen LogP contribution in [0.25, 0.3) is 22.3 Å². The summed E-state index contributed by atoms with van der Waals surface area (Å²) in [6.45, 7) is 11.4. The lowest BCUT2D eigenvalue weighted by Crippen LogP contribution is -2.43. The van der Waals surface area contributed by atoms with Gasteiger partial charge in [0, 0.05) is 63.6 Å². The van der Waals surface area contributed by atoms with Crippen molar-refractivity contribution in [2.75, 3.05) is 56.1 Å². The molecule has 8 heteroatoms. The highest BCUT2D eigenvalue weighted by Gasteiger charge is 2.28. The highest BCUT2D eigenvalue weighted by Crippen LogP contribution is 2.44. The minimum atomic E-state index is -0.137. The number of nitrogens with one attached hydrogen (secondary N) is 1. The van der Waals surface area contributed by atoms with Gasteiger partial charge in [-0.2, -0.15) is 0 Å². The van der Waals surface area contributed by atoms with Crippen molar-refractivity contribution < 1.29 is 9.90 Å². The van der Waals surface area contributed by atoms with Crippen LogP contribution in [0.5, 0.6) is 5.75 Å². The number of amides is 2. The van der Waals surface area contributed by atoms with E-state index in [9.17, 15) is 9.90 Å². The van der Waals surface area contributed by atoms with E-state index in [1.54, 1.807) is 16.8 Å². The molecule has 194 valence electrons. The van der Waals surface area contributed by atoms with Crippen LogP contribution in [0, 0.1) is 0 Å². The zero-order chi connectivity index (χ0) is 26.3. The summed E-state index contributed by atoms with van der Waals surface area (Å²) in [5.41, 5.74) is 4.84. The molecule has 0 aliphatic carbocycles. The predicted molar refractivity (Wildman–Crippen MR) is 151 cm³/mol. The first-order chi connectivity index (χ1) is 17.6. The number of nitrogens with zero attached hydrogens (tertiary/aromatic N) is 4. The average Bonchev–Trinajstić information content (AvgIpc) is 3.21. The summed E-state index contributed by atoms with van der Waals surface area (Å²) in [7, 11) is 1.79. The number of likely N-dealkylation sites (N-methyl/N-ethyl adjacent to an activating group) is 1. The quantitative estimate of drug-likeness (QED) is 0.486. The lowest BCUT2D eigenvalue weighted by molar-refractivity contribution is 0.229. The highest BCUT2D eigenvalue weighted by atomic mass is 35.5. The molecule has 2 saturated heterocycles. The zero-order valence-corrected chi connectivity index (χ0v) is 22.6. The van der Waals surface area contributed by atoms with E-state index in [2.05, 4.69) is 48.1 Å². The number of phenolic OH excluding ortho intramolecular Hbond substituents is 1. The highest BCUT2D eigenvalue weighted by molar-refractivity contribution is 6.34. The van der Waals surface area contributed by atoms with Gasteiger partial charge in [0.2, 0.25) is 0 Å². The van der Waals surface area contributed by atoms with E-state index in [0.29, 0.717) is 29.4 Å². The Morgan fingerprint density at radius 2 is 1.62 bits per heavy atom. The van der Waals surface area contributed by atoms with Crippen molar-refractivity contribution in [3.05, 3.63) is 59.2 Å². The molecular formula is C29H34ClN5O2. The van der Waals surface area contributed by atoms with Crippen molar-refractivity contribution in [3.8, 4) is 28.0 Å². The molecule has 2 aliphatic rings. The number of anilines is 2. The summed E-state index contributed by atoms with van der Waals surface area (Å²) in [6, 6.07) is 13.7. The second-order valence-electron chi connectivity index (χ2n) is 10.8. The first kappa shape index (κ1) is 25.4. The van der Waals surface area contributed by atoms with E-state index in [-0.39, 0.29) is 17.2 Å². The molecule has 5 rings (SSSR count). The summed E-state index contributed by atoms with van der Waals surface area (Å²) < 4.78 is 0. The number of benzene rings is 2. The molecule has 0 saturated carbocycles. The fourth-order valence-electron chi connectivity index (χ4n) is 4.92. The Labute approximate surface area is 223 Å². The molecule has 0 radical (unpaired) electrons. The van der Waals surface area contributed by atoms with E-state index < -0.39 is 0 Å². The number of rotatable bonds is 4. The maximum absolute atomic E-state index is 12.5. The number of pyridine rings is 1. The number of aromatic hydroxyl groups is 1. The second-order valence-corrected chi connectivity index (χ2v) is 11.2. The predicted octanol–water partition coefficient (Wildman–Crippen LogP) is 5.35. The molecule has 37 heavy (non-hydrogen) atoms. The monoisotopic (exact) mass is 519 g/mol. The number of hydrogen-bond acceptors (Lipinski definition) is 5. The Hall–Kier alpha value is -3.29. The van der Waals surface area contributed by atoms with E-state index in [0.717, 1.165) is 54.3 Å². The second kappa shape index (κ2) is 9.88. The van der Waals surface area contributed by atoms with Crippen LogP contribution in [0.4, 0.5) is 16.3 Å². The molecule has 0 unspecified atom stereocenters. The normalized spacial score (nSPS) is 16.6. The van der Waals surface area contributed by atoms with Crippen molar-refractivity contribution in [2.24, 2.45) is 0 Å². The molecular weight excluding hydrogens is 486 g/mol. The Morgan fingerprint density at radius 1 is 0.946 bits per heavy atom. The minimum absolute atomic E-state index is 0.0625. The first-order valence-electron chi connectivity index (χ1n) is 12.8. The van der Waals surface area contributed by atoms with Gasteiger partial charge in [-0.1, -0.05) is 38.4 Å². The number of halogens is 1. The zero-order valence-electron chi connectivity index (χ0n) is 21.9. The first-order valence-corrected chi connectivity index (χ1v) is 13.1. The van der Waals surface area contributed by atoms with Gasteiger partial charge in [0.25, 0.3) is 0 Å². The van der Waals surface area contributed by atoms with Crippen LogP contribution >= 0.6 is 11.6 Å². The van der Waals surface area contributed by atoms with E-state index in [1.807, 2.05) is 36.5 Å². The van der Waals surface area contributed by atoms with Gasteiger partial charge in [-0.05, 0) is 58.5 Å². The summed E-state index contributed by atoms with van der Waals surface area (Å²) in [5, 5.41) is 15.4. The SMILES string of the molecule is CN1CCN(c2ccc(-c3cc(C(C)(C)C)cc(-c4ccnc(N5CCNCC5)c4)c3O)cc2Cl)C1=O. The van der Waals surface area contributed by atoms with Crippen molar-refractivity contribution in [1.82, 2.24) is 15.2 Å². The molecule has 2 amide bonds. The molecule has 2 N–H and O–H groups in total. The number of aromatic nitrogens is 1. The lowest BCUT2D eigenvalue weighted by Gasteiger charge is -2.29.